The number of hydrogen-bond donors (Lipinski definition) is 2. The van der Waals surface area contributed by atoms with Crippen molar-refractivity contribution in [2.45, 2.75) is 13.3 Å². The first-order valence-electron chi connectivity index (χ1n) is 10.4. The van der Waals surface area contributed by atoms with E-state index in [1.54, 1.807) is 12.1 Å². The predicted octanol–water partition coefficient (Wildman–Crippen LogP) is 1.56. The average molecular weight is 475 g/mol. The topological polar surface area (TPSA) is 120 Å². The van der Waals surface area contributed by atoms with Crippen molar-refractivity contribution < 1.29 is 32.2 Å². The average Bonchev–Trinajstić information content (AvgIpc) is 2.81. The number of esters is 1. The lowest BCUT2D eigenvalue weighted by atomic mass is 10.1. The summed E-state index contributed by atoms with van der Waals surface area (Å²) in [5.41, 5.74) is 2.73. The molecule has 0 saturated heterocycles. The Morgan fingerprint density at radius 3 is 2.55 bits per heavy atom. The molecular formula is C23H26N2O7S. The molecule has 2 aromatic carbocycles. The van der Waals surface area contributed by atoms with E-state index in [1.807, 2.05) is 37.3 Å². The molecule has 10 heteroatoms. The van der Waals surface area contributed by atoms with Crippen LogP contribution in [-0.4, -0.2) is 53.2 Å². The molecule has 0 aromatic heterocycles. The largest absolute Gasteiger partial charge is 0.486 e. The lowest BCUT2D eigenvalue weighted by Crippen LogP contribution is -2.34. The van der Waals surface area contributed by atoms with Gasteiger partial charge in [0.15, 0.2) is 18.1 Å². The molecule has 1 heterocycles. The molecule has 1 aliphatic rings. The highest BCUT2D eigenvalue weighted by Crippen LogP contribution is 2.30. The molecular weight excluding hydrogens is 448 g/mol. The van der Waals surface area contributed by atoms with Crippen molar-refractivity contribution in [1.82, 2.24) is 10.0 Å². The van der Waals surface area contributed by atoms with Gasteiger partial charge < -0.3 is 19.5 Å². The third-order valence-electron chi connectivity index (χ3n) is 4.64. The molecule has 0 bridgehead atoms. The Hall–Kier alpha value is -3.37. The van der Waals surface area contributed by atoms with E-state index in [0.717, 1.165) is 16.5 Å². The maximum Gasteiger partial charge on any atom is 0.321 e. The third kappa shape index (κ3) is 8.24. The number of benzene rings is 2. The number of nitrogens with one attached hydrogen (secondary N) is 2. The summed E-state index contributed by atoms with van der Waals surface area (Å²) in [5.74, 6) is 0.0321. The van der Waals surface area contributed by atoms with Crippen LogP contribution in [0.15, 0.2) is 47.9 Å². The van der Waals surface area contributed by atoms with Gasteiger partial charge >= 0.3 is 5.97 Å². The number of ether oxygens (including phenoxy) is 3. The van der Waals surface area contributed by atoms with E-state index in [4.69, 9.17) is 14.2 Å². The van der Waals surface area contributed by atoms with Crippen LogP contribution in [0, 0.1) is 6.92 Å². The maximum absolute atomic E-state index is 12.0. The highest BCUT2D eigenvalue weighted by atomic mass is 32.2. The highest BCUT2D eigenvalue weighted by Gasteiger charge is 2.13. The van der Waals surface area contributed by atoms with Gasteiger partial charge in [0, 0.05) is 12.0 Å². The standard InChI is InChI=1S/C23H26N2O7S/c1-17-2-4-18(5-3-17)9-13-33(28,29)25-15-23(27)32-16-22(26)24-10-8-19-6-7-20-21(14-19)31-12-11-30-20/h2-7,9,13-14,25H,8,10-12,15-16H2,1H3,(H,24,26)/b13-9+. The fraction of sp³-hybridized carbons (Fsp3) is 0.304. The van der Waals surface area contributed by atoms with Crippen LogP contribution in [0.2, 0.25) is 0 Å². The fourth-order valence-corrected chi connectivity index (χ4v) is 3.64. The summed E-state index contributed by atoms with van der Waals surface area (Å²) in [4.78, 5) is 23.6. The summed E-state index contributed by atoms with van der Waals surface area (Å²) >= 11 is 0. The summed E-state index contributed by atoms with van der Waals surface area (Å²) in [6.45, 7) is 2.21. The monoisotopic (exact) mass is 474 g/mol. The molecule has 1 amide bonds. The normalized spacial score (nSPS) is 13.0. The molecule has 9 nitrogen and oxygen atoms in total. The summed E-state index contributed by atoms with van der Waals surface area (Å²) < 4.78 is 41.9. The van der Waals surface area contributed by atoms with Crippen LogP contribution < -0.4 is 19.5 Å². The van der Waals surface area contributed by atoms with Crippen molar-refractivity contribution in [2.75, 3.05) is 32.9 Å². The van der Waals surface area contributed by atoms with E-state index in [0.29, 0.717) is 43.2 Å². The van der Waals surface area contributed by atoms with E-state index in [9.17, 15) is 18.0 Å². The molecule has 1 aliphatic heterocycles. The molecule has 3 rings (SSSR count). The molecule has 0 spiro atoms. The van der Waals surface area contributed by atoms with Gasteiger partial charge in [0.05, 0.1) is 0 Å². The number of carbonyl (C=O) groups excluding carboxylic acids is 2. The zero-order valence-corrected chi connectivity index (χ0v) is 19.0. The minimum absolute atomic E-state index is 0.340. The van der Waals surface area contributed by atoms with Crippen molar-refractivity contribution in [1.29, 1.82) is 0 Å². The molecule has 0 radical (unpaired) electrons. The minimum Gasteiger partial charge on any atom is -0.486 e. The zero-order chi connectivity index (χ0) is 23.7. The first kappa shape index (κ1) is 24.3. The summed E-state index contributed by atoms with van der Waals surface area (Å²) in [5, 5.41) is 3.61. The summed E-state index contributed by atoms with van der Waals surface area (Å²) in [6.07, 6.45) is 1.98. The van der Waals surface area contributed by atoms with Gasteiger partial charge in [-0.2, -0.15) is 0 Å². The van der Waals surface area contributed by atoms with Gasteiger partial charge in [0.2, 0.25) is 10.0 Å². The van der Waals surface area contributed by atoms with E-state index in [-0.39, 0.29) is 0 Å². The Labute approximate surface area is 192 Å². The van der Waals surface area contributed by atoms with Gasteiger partial charge in [-0.05, 0) is 42.7 Å². The van der Waals surface area contributed by atoms with Crippen LogP contribution in [0.4, 0.5) is 0 Å². The first-order valence-corrected chi connectivity index (χ1v) is 11.9. The van der Waals surface area contributed by atoms with Gasteiger partial charge in [-0.25, -0.2) is 13.1 Å². The summed E-state index contributed by atoms with van der Waals surface area (Å²) in [6, 6.07) is 12.9. The number of carbonyl (C=O) groups is 2. The maximum atomic E-state index is 12.0. The molecule has 2 aromatic rings. The molecule has 0 saturated carbocycles. The Bertz CT molecular complexity index is 1110. The van der Waals surface area contributed by atoms with Crippen molar-refractivity contribution in [3.63, 3.8) is 0 Å². The lowest BCUT2D eigenvalue weighted by Gasteiger charge is -2.18. The van der Waals surface area contributed by atoms with E-state index < -0.39 is 35.1 Å². The zero-order valence-electron chi connectivity index (χ0n) is 18.2. The third-order valence-corrected chi connectivity index (χ3v) is 5.68. The van der Waals surface area contributed by atoms with Crippen LogP contribution in [0.3, 0.4) is 0 Å². The number of rotatable bonds is 10. The Kier molecular flexibility index (Phi) is 8.45. The van der Waals surface area contributed by atoms with Gasteiger partial charge in [0.1, 0.15) is 19.8 Å². The highest BCUT2D eigenvalue weighted by molar-refractivity contribution is 7.92. The Morgan fingerprint density at radius 2 is 1.79 bits per heavy atom. The second-order valence-electron chi connectivity index (χ2n) is 7.32. The van der Waals surface area contributed by atoms with Crippen LogP contribution in [0.1, 0.15) is 16.7 Å². The quantitative estimate of drug-likeness (QED) is 0.502. The fourth-order valence-electron chi connectivity index (χ4n) is 2.89. The van der Waals surface area contributed by atoms with Crippen LogP contribution in [0.5, 0.6) is 11.5 Å². The minimum atomic E-state index is -3.83. The van der Waals surface area contributed by atoms with E-state index in [2.05, 4.69) is 10.0 Å². The van der Waals surface area contributed by atoms with Crippen LogP contribution in [-0.2, 0) is 30.8 Å². The van der Waals surface area contributed by atoms with Gasteiger partial charge in [-0.15, -0.1) is 0 Å². The number of amides is 1. The smallest absolute Gasteiger partial charge is 0.321 e. The number of sulfonamides is 1. The second kappa shape index (κ2) is 11.5. The summed E-state index contributed by atoms with van der Waals surface area (Å²) in [7, 11) is -3.83. The lowest BCUT2D eigenvalue weighted by molar-refractivity contribution is -0.147. The van der Waals surface area contributed by atoms with E-state index >= 15 is 0 Å². The van der Waals surface area contributed by atoms with Crippen molar-refractivity contribution >= 4 is 28.0 Å². The molecule has 0 atom stereocenters. The number of hydrogen-bond acceptors (Lipinski definition) is 7. The van der Waals surface area contributed by atoms with Crippen molar-refractivity contribution in [3.8, 4) is 11.5 Å². The second-order valence-corrected chi connectivity index (χ2v) is 8.97. The van der Waals surface area contributed by atoms with Crippen molar-refractivity contribution in [3.05, 3.63) is 64.6 Å². The Morgan fingerprint density at radius 1 is 1.06 bits per heavy atom. The number of aryl methyl sites for hydroxylation is 1. The predicted molar refractivity (Wildman–Crippen MR) is 122 cm³/mol. The molecule has 0 fully saturated rings. The molecule has 0 unspecified atom stereocenters. The number of fused-ring (bicyclic) bond motifs is 1. The van der Waals surface area contributed by atoms with Gasteiger partial charge in [-0.3, -0.25) is 9.59 Å². The molecule has 0 aliphatic carbocycles. The molecule has 2 N–H and O–H groups in total. The molecule has 33 heavy (non-hydrogen) atoms. The SMILES string of the molecule is Cc1ccc(/C=C/S(=O)(=O)NCC(=O)OCC(=O)NCCc2ccc3c(c2)OCCO3)cc1. The van der Waals surface area contributed by atoms with E-state index in [1.165, 1.54) is 6.08 Å². The van der Waals surface area contributed by atoms with Crippen molar-refractivity contribution in [2.24, 2.45) is 0 Å². The van der Waals surface area contributed by atoms with Crippen LogP contribution >= 0.6 is 0 Å². The van der Waals surface area contributed by atoms with Gasteiger partial charge in [-0.1, -0.05) is 35.9 Å². The first-order chi connectivity index (χ1) is 15.8. The molecule has 176 valence electrons. The van der Waals surface area contributed by atoms with Crippen LogP contribution in [0.25, 0.3) is 6.08 Å². The Balaban J connectivity index is 1.33. The van der Waals surface area contributed by atoms with Gasteiger partial charge in [0.25, 0.3) is 5.91 Å².